The largest absolute Gasteiger partial charge is 0.467 e. The number of aromatic nitrogens is 3. The van der Waals surface area contributed by atoms with Crippen LogP contribution >= 0.6 is 0 Å². The minimum atomic E-state index is -0.721. The van der Waals surface area contributed by atoms with Crippen LogP contribution in [0.1, 0.15) is 22.9 Å². The summed E-state index contributed by atoms with van der Waals surface area (Å²) in [7, 11) is 2.81. The number of hydrogen-bond acceptors (Lipinski definition) is 6. The zero-order valence-corrected chi connectivity index (χ0v) is 11.5. The second-order valence-corrected chi connectivity index (χ2v) is 4.55. The second-order valence-electron chi connectivity index (χ2n) is 4.55. The average molecular weight is 289 g/mol. The highest BCUT2D eigenvalue weighted by Gasteiger charge is 2.36. The van der Waals surface area contributed by atoms with E-state index in [9.17, 15) is 9.18 Å². The van der Waals surface area contributed by atoms with Gasteiger partial charge in [0.1, 0.15) is 11.7 Å². The van der Waals surface area contributed by atoms with Gasteiger partial charge in [-0.3, -0.25) is 4.79 Å². The van der Waals surface area contributed by atoms with Crippen molar-refractivity contribution in [2.24, 2.45) is 0 Å². The zero-order valence-electron chi connectivity index (χ0n) is 11.5. The van der Waals surface area contributed by atoms with E-state index < -0.39 is 11.7 Å². The van der Waals surface area contributed by atoms with Crippen LogP contribution in [0.5, 0.6) is 12.0 Å². The summed E-state index contributed by atoms with van der Waals surface area (Å²) in [6.07, 6.45) is 0.0307. The van der Waals surface area contributed by atoms with Gasteiger partial charge in [-0.1, -0.05) is 12.1 Å². The Hall–Kier alpha value is -2.57. The number of methoxy groups -OCH3 is 2. The van der Waals surface area contributed by atoms with Crippen LogP contribution in [-0.4, -0.2) is 35.0 Å². The van der Waals surface area contributed by atoms with E-state index in [1.54, 1.807) is 12.1 Å². The van der Waals surface area contributed by atoms with Gasteiger partial charge >= 0.3 is 12.0 Å². The molecule has 108 valence electrons. The van der Waals surface area contributed by atoms with Crippen molar-refractivity contribution in [1.29, 1.82) is 0 Å². The Labute approximate surface area is 120 Å². The van der Waals surface area contributed by atoms with Crippen molar-refractivity contribution in [2.75, 3.05) is 14.2 Å². The lowest BCUT2D eigenvalue weighted by Crippen LogP contribution is -2.14. The highest BCUT2D eigenvalue weighted by molar-refractivity contribution is 5.94. The van der Waals surface area contributed by atoms with Crippen LogP contribution in [-0.2, 0) is 11.2 Å². The number of benzene rings is 1. The van der Waals surface area contributed by atoms with Crippen LogP contribution in [0.25, 0.3) is 0 Å². The Bertz CT molecular complexity index is 698. The molecule has 1 heterocycles. The molecule has 2 aromatic rings. The van der Waals surface area contributed by atoms with Crippen molar-refractivity contribution in [1.82, 2.24) is 15.0 Å². The first-order valence-corrected chi connectivity index (χ1v) is 6.28. The predicted octanol–water partition coefficient (Wildman–Crippen LogP) is 1.28. The maximum atomic E-state index is 13.8. The van der Waals surface area contributed by atoms with Crippen molar-refractivity contribution < 1.29 is 18.7 Å². The van der Waals surface area contributed by atoms with Crippen molar-refractivity contribution >= 4 is 5.78 Å². The first kappa shape index (κ1) is 13.4. The molecule has 0 fully saturated rings. The summed E-state index contributed by atoms with van der Waals surface area (Å²) in [6, 6.07) is 4.71. The van der Waals surface area contributed by atoms with Gasteiger partial charge in [-0.2, -0.15) is 9.97 Å². The molecule has 1 atom stereocenters. The van der Waals surface area contributed by atoms with Crippen molar-refractivity contribution in [3.8, 4) is 12.0 Å². The first-order chi connectivity index (χ1) is 10.1. The number of carbonyl (C=O) groups is 1. The van der Waals surface area contributed by atoms with Crippen molar-refractivity contribution in [2.45, 2.75) is 12.3 Å². The van der Waals surface area contributed by atoms with Gasteiger partial charge in [0.2, 0.25) is 0 Å². The average Bonchev–Trinajstić information content (AvgIpc) is 2.84. The summed E-state index contributed by atoms with van der Waals surface area (Å²) in [5, 5.41) is 0. The van der Waals surface area contributed by atoms with Crippen LogP contribution < -0.4 is 9.47 Å². The van der Waals surface area contributed by atoms with E-state index in [0.29, 0.717) is 11.1 Å². The monoisotopic (exact) mass is 289 g/mol. The number of ketones is 1. The molecule has 6 nitrogen and oxygen atoms in total. The SMILES string of the molecule is COc1nc(OC)nc(C2C(=O)Cc3c(F)cccc32)n1. The van der Waals surface area contributed by atoms with Gasteiger partial charge in [0.25, 0.3) is 0 Å². The van der Waals surface area contributed by atoms with E-state index >= 15 is 0 Å². The van der Waals surface area contributed by atoms with Gasteiger partial charge in [-0.25, -0.2) is 4.39 Å². The summed E-state index contributed by atoms with van der Waals surface area (Å²) in [4.78, 5) is 24.3. The van der Waals surface area contributed by atoms with E-state index in [1.165, 1.54) is 20.3 Å². The highest BCUT2D eigenvalue weighted by Crippen LogP contribution is 2.36. The third kappa shape index (κ3) is 2.20. The third-order valence-electron chi connectivity index (χ3n) is 3.37. The summed E-state index contributed by atoms with van der Waals surface area (Å²) < 4.78 is 23.7. The van der Waals surface area contributed by atoms with Crippen molar-refractivity contribution in [3.05, 3.63) is 41.0 Å². The molecule has 7 heteroatoms. The standard InChI is InChI=1S/C14H12FN3O3/c1-20-13-16-12(17-14(18-13)21-2)11-7-4-3-5-9(15)8(7)6-10(11)19/h3-5,11H,6H2,1-2H3. The lowest BCUT2D eigenvalue weighted by atomic mass is 10.00. The number of nitrogens with zero attached hydrogens (tertiary/aromatic N) is 3. The molecule has 0 saturated carbocycles. The van der Waals surface area contributed by atoms with Gasteiger partial charge < -0.3 is 9.47 Å². The maximum absolute atomic E-state index is 13.8. The summed E-state index contributed by atoms with van der Waals surface area (Å²) in [5.74, 6) is -1.07. The molecule has 1 aliphatic rings. The molecule has 0 aliphatic heterocycles. The van der Waals surface area contributed by atoms with Crippen LogP contribution in [0.3, 0.4) is 0 Å². The normalized spacial score (nSPS) is 16.7. The minimum Gasteiger partial charge on any atom is -0.467 e. The molecular weight excluding hydrogens is 277 g/mol. The number of rotatable bonds is 3. The Morgan fingerprint density at radius 2 is 1.81 bits per heavy atom. The van der Waals surface area contributed by atoms with Crippen LogP contribution in [0.4, 0.5) is 4.39 Å². The maximum Gasteiger partial charge on any atom is 0.322 e. The fourth-order valence-corrected chi connectivity index (χ4v) is 2.43. The van der Waals surface area contributed by atoms with E-state index in [1.807, 2.05) is 0 Å². The van der Waals surface area contributed by atoms with Gasteiger partial charge in [0, 0.05) is 6.42 Å². The van der Waals surface area contributed by atoms with E-state index in [4.69, 9.17) is 9.47 Å². The molecule has 0 amide bonds. The lowest BCUT2D eigenvalue weighted by molar-refractivity contribution is -0.118. The molecule has 1 aromatic heterocycles. The molecular formula is C14H12FN3O3. The summed E-state index contributed by atoms with van der Waals surface area (Å²) in [6.45, 7) is 0. The number of hydrogen-bond donors (Lipinski definition) is 0. The fraction of sp³-hybridized carbons (Fsp3) is 0.286. The Balaban J connectivity index is 2.13. The molecule has 1 aromatic carbocycles. The fourth-order valence-electron chi connectivity index (χ4n) is 2.43. The Morgan fingerprint density at radius 1 is 1.14 bits per heavy atom. The van der Waals surface area contributed by atoms with Crippen LogP contribution in [0.2, 0.25) is 0 Å². The molecule has 1 unspecified atom stereocenters. The zero-order chi connectivity index (χ0) is 15.0. The quantitative estimate of drug-likeness (QED) is 0.847. The molecule has 0 radical (unpaired) electrons. The number of Topliss-reactive ketones (excluding diaryl/α,β-unsaturated/α-hetero) is 1. The van der Waals surface area contributed by atoms with Gasteiger partial charge in [0.15, 0.2) is 11.6 Å². The number of halogens is 1. The van der Waals surface area contributed by atoms with Crippen LogP contribution in [0.15, 0.2) is 18.2 Å². The topological polar surface area (TPSA) is 74.2 Å². The molecule has 0 spiro atoms. The number of fused-ring (bicyclic) bond motifs is 1. The van der Waals surface area contributed by atoms with Gasteiger partial charge in [-0.15, -0.1) is 4.98 Å². The van der Waals surface area contributed by atoms with Crippen molar-refractivity contribution in [3.63, 3.8) is 0 Å². The van der Waals surface area contributed by atoms with Crippen LogP contribution in [0, 0.1) is 5.82 Å². The molecule has 0 N–H and O–H groups in total. The number of ether oxygens (including phenoxy) is 2. The van der Waals surface area contributed by atoms with E-state index in [2.05, 4.69) is 15.0 Å². The molecule has 3 rings (SSSR count). The van der Waals surface area contributed by atoms with E-state index in [0.717, 1.165) is 0 Å². The second kappa shape index (κ2) is 5.08. The third-order valence-corrected chi connectivity index (χ3v) is 3.37. The highest BCUT2D eigenvalue weighted by atomic mass is 19.1. The molecule has 0 saturated heterocycles. The predicted molar refractivity (Wildman–Crippen MR) is 69.9 cm³/mol. The summed E-state index contributed by atoms with van der Waals surface area (Å²) in [5.41, 5.74) is 0.973. The van der Waals surface area contributed by atoms with E-state index in [-0.39, 0.29) is 30.0 Å². The Kier molecular flexibility index (Phi) is 3.25. The smallest absolute Gasteiger partial charge is 0.322 e. The first-order valence-electron chi connectivity index (χ1n) is 6.28. The minimum absolute atomic E-state index is 0.0307. The lowest BCUT2D eigenvalue weighted by Gasteiger charge is -2.11. The Morgan fingerprint density at radius 3 is 2.43 bits per heavy atom. The summed E-state index contributed by atoms with van der Waals surface area (Å²) >= 11 is 0. The molecule has 1 aliphatic carbocycles. The van der Waals surface area contributed by atoms with Gasteiger partial charge in [-0.05, 0) is 17.2 Å². The number of carbonyl (C=O) groups excluding carboxylic acids is 1. The molecule has 0 bridgehead atoms. The molecule has 21 heavy (non-hydrogen) atoms. The van der Waals surface area contributed by atoms with Gasteiger partial charge in [0.05, 0.1) is 14.2 Å².